The Labute approximate surface area is 89.6 Å². The van der Waals surface area contributed by atoms with Crippen molar-refractivity contribution in [1.82, 2.24) is 0 Å². The van der Waals surface area contributed by atoms with Crippen LogP contribution in [-0.4, -0.2) is 12.4 Å². The number of allylic oxidation sites excluding steroid dienone is 1. The molecule has 78 valence electrons. The van der Waals surface area contributed by atoms with Crippen LogP contribution >= 0.6 is 0 Å². The Morgan fingerprint density at radius 2 is 2.40 bits per heavy atom. The van der Waals surface area contributed by atoms with Crippen LogP contribution in [0.2, 0.25) is 0 Å². The van der Waals surface area contributed by atoms with E-state index in [1.165, 1.54) is 17.2 Å². The maximum atomic E-state index is 11.1. The predicted octanol–water partition coefficient (Wildman–Crippen LogP) is 2.31. The lowest BCUT2D eigenvalue weighted by atomic mass is 10.0. The molecule has 1 aromatic rings. The average molecular weight is 202 g/mol. The molecule has 0 N–H and O–H groups in total. The van der Waals surface area contributed by atoms with Gasteiger partial charge in [0.1, 0.15) is 5.75 Å². The molecule has 0 aromatic heterocycles. The third-order valence-corrected chi connectivity index (χ3v) is 2.64. The van der Waals surface area contributed by atoms with Gasteiger partial charge in [-0.15, -0.1) is 0 Å². The van der Waals surface area contributed by atoms with E-state index in [1.54, 1.807) is 0 Å². The average Bonchev–Trinajstić information content (AvgIpc) is 2.72. The van der Waals surface area contributed by atoms with E-state index in [4.69, 9.17) is 4.74 Å². The van der Waals surface area contributed by atoms with Crippen LogP contribution in [0.15, 0.2) is 30.9 Å². The molecule has 0 aliphatic carbocycles. The quantitative estimate of drug-likeness (QED) is 0.700. The molecule has 15 heavy (non-hydrogen) atoms. The highest BCUT2D eigenvalue weighted by atomic mass is 16.5. The van der Waals surface area contributed by atoms with Crippen LogP contribution in [-0.2, 0) is 17.6 Å². The summed E-state index contributed by atoms with van der Waals surface area (Å²) in [6.07, 6.45) is 3.70. The highest BCUT2D eigenvalue weighted by Crippen LogP contribution is 2.26. The van der Waals surface area contributed by atoms with Gasteiger partial charge in [0.25, 0.3) is 0 Å². The Morgan fingerprint density at radius 1 is 1.53 bits per heavy atom. The topological polar surface area (TPSA) is 26.3 Å². The molecule has 0 amide bonds. The first-order valence-corrected chi connectivity index (χ1v) is 5.19. The summed E-state index contributed by atoms with van der Waals surface area (Å²) in [5.41, 5.74) is 2.47. The van der Waals surface area contributed by atoms with Crippen LogP contribution in [0.25, 0.3) is 0 Å². The first kappa shape index (κ1) is 9.97. The number of hydrogen-bond acceptors (Lipinski definition) is 2. The molecule has 1 aromatic carbocycles. The Kier molecular flexibility index (Phi) is 2.86. The Hall–Kier alpha value is -1.57. The molecular weight excluding hydrogens is 188 g/mol. The summed E-state index contributed by atoms with van der Waals surface area (Å²) in [4.78, 5) is 11.1. The van der Waals surface area contributed by atoms with Crippen LogP contribution in [0.1, 0.15) is 17.5 Å². The van der Waals surface area contributed by atoms with Gasteiger partial charge in [0.15, 0.2) is 5.78 Å². The highest BCUT2D eigenvalue weighted by molar-refractivity contribution is 5.89. The van der Waals surface area contributed by atoms with Crippen molar-refractivity contribution in [3.05, 3.63) is 42.0 Å². The summed E-state index contributed by atoms with van der Waals surface area (Å²) < 4.78 is 5.42. The highest BCUT2D eigenvalue weighted by Gasteiger charge is 2.11. The fourth-order valence-corrected chi connectivity index (χ4v) is 1.77. The molecule has 0 atom stereocenters. The minimum absolute atomic E-state index is 0.103. The summed E-state index contributed by atoms with van der Waals surface area (Å²) >= 11 is 0. The molecule has 1 heterocycles. The zero-order chi connectivity index (χ0) is 10.7. The van der Waals surface area contributed by atoms with Crippen LogP contribution < -0.4 is 4.74 Å². The van der Waals surface area contributed by atoms with Crippen molar-refractivity contribution in [2.75, 3.05) is 6.61 Å². The lowest BCUT2D eigenvalue weighted by Crippen LogP contribution is -1.95. The van der Waals surface area contributed by atoms with Gasteiger partial charge in [-0.2, -0.15) is 0 Å². The zero-order valence-electron chi connectivity index (χ0n) is 8.66. The van der Waals surface area contributed by atoms with Crippen LogP contribution in [0, 0.1) is 0 Å². The van der Waals surface area contributed by atoms with Gasteiger partial charge in [0.05, 0.1) is 6.61 Å². The smallest absolute Gasteiger partial charge is 0.155 e. The number of carbonyl (C=O) groups is 1. The second-order valence-corrected chi connectivity index (χ2v) is 3.71. The summed E-state index contributed by atoms with van der Waals surface area (Å²) in [6.45, 7) is 4.24. The van der Waals surface area contributed by atoms with E-state index in [1.807, 2.05) is 12.1 Å². The van der Waals surface area contributed by atoms with Gasteiger partial charge >= 0.3 is 0 Å². The molecule has 2 nitrogen and oxygen atoms in total. The number of carbonyl (C=O) groups excluding carboxylic acids is 1. The van der Waals surface area contributed by atoms with Crippen molar-refractivity contribution in [3.8, 4) is 5.75 Å². The first-order chi connectivity index (χ1) is 7.29. The van der Waals surface area contributed by atoms with Crippen molar-refractivity contribution in [2.24, 2.45) is 0 Å². The van der Waals surface area contributed by atoms with Gasteiger partial charge in [-0.25, -0.2) is 0 Å². The lowest BCUT2D eigenvalue weighted by molar-refractivity contribution is -0.114. The minimum atomic E-state index is 0.103. The number of ketones is 1. The SMILES string of the molecule is C=CC(=O)CCc1ccc2c(c1)CCO2. The molecule has 0 saturated heterocycles. The van der Waals surface area contributed by atoms with Gasteiger partial charge in [-0.3, -0.25) is 4.79 Å². The van der Waals surface area contributed by atoms with E-state index < -0.39 is 0 Å². The van der Waals surface area contributed by atoms with E-state index in [2.05, 4.69) is 12.6 Å². The number of ether oxygens (including phenoxy) is 1. The second-order valence-electron chi connectivity index (χ2n) is 3.71. The number of aryl methyl sites for hydroxylation is 1. The largest absolute Gasteiger partial charge is 0.493 e. The van der Waals surface area contributed by atoms with Gasteiger partial charge in [0.2, 0.25) is 0 Å². The van der Waals surface area contributed by atoms with Gasteiger partial charge in [0, 0.05) is 12.8 Å². The summed E-state index contributed by atoms with van der Waals surface area (Å²) in [5, 5.41) is 0. The van der Waals surface area contributed by atoms with E-state index in [0.29, 0.717) is 6.42 Å². The minimum Gasteiger partial charge on any atom is -0.493 e. The standard InChI is InChI=1S/C13H14O2/c1-2-12(14)5-3-10-4-6-13-11(9-10)7-8-15-13/h2,4,6,9H,1,3,5,7-8H2. The fourth-order valence-electron chi connectivity index (χ4n) is 1.77. The number of hydrogen-bond donors (Lipinski definition) is 0. The Morgan fingerprint density at radius 3 is 3.20 bits per heavy atom. The molecule has 2 heteroatoms. The van der Waals surface area contributed by atoms with Crippen molar-refractivity contribution < 1.29 is 9.53 Å². The van der Waals surface area contributed by atoms with Crippen molar-refractivity contribution >= 4 is 5.78 Å². The van der Waals surface area contributed by atoms with E-state index in [0.717, 1.165) is 25.2 Å². The summed E-state index contributed by atoms with van der Waals surface area (Å²) in [7, 11) is 0. The maximum absolute atomic E-state index is 11.1. The molecule has 0 bridgehead atoms. The Balaban J connectivity index is 2.04. The van der Waals surface area contributed by atoms with E-state index >= 15 is 0 Å². The Bertz CT molecular complexity index is 394. The normalized spacial score (nSPS) is 13.1. The van der Waals surface area contributed by atoms with Crippen molar-refractivity contribution in [1.29, 1.82) is 0 Å². The number of benzene rings is 1. The first-order valence-electron chi connectivity index (χ1n) is 5.19. The number of fused-ring (bicyclic) bond motifs is 1. The number of rotatable bonds is 4. The molecule has 1 aliphatic heterocycles. The zero-order valence-corrected chi connectivity index (χ0v) is 8.66. The van der Waals surface area contributed by atoms with Crippen molar-refractivity contribution in [3.63, 3.8) is 0 Å². The molecule has 0 saturated carbocycles. The third-order valence-electron chi connectivity index (χ3n) is 2.64. The second kappa shape index (κ2) is 4.30. The maximum Gasteiger partial charge on any atom is 0.155 e. The van der Waals surface area contributed by atoms with Gasteiger partial charge in [-0.05, 0) is 29.7 Å². The molecule has 0 fully saturated rings. The molecule has 2 rings (SSSR count). The van der Waals surface area contributed by atoms with Crippen LogP contribution in [0.4, 0.5) is 0 Å². The molecule has 0 spiro atoms. The third kappa shape index (κ3) is 2.27. The van der Waals surface area contributed by atoms with E-state index in [9.17, 15) is 4.79 Å². The lowest BCUT2D eigenvalue weighted by Gasteiger charge is -2.02. The van der Waals surface area contributed by atoms with Crippen LogP contribution in [0.5, 0.6) is 5.75 Å². The van der Waals surface area contributed by atoms with Gasteiger partial charge < -0.3 is 4.74 Å². The molecule has 0 unspecified atom stereocenters. The summed E-state index contributed by atoms with van der Waals surface area (Å²) in [5.74, 6) is 1.10. The van der Waals surface area contributed by atoms with E-state index in [-0.39, 0.29) is 5.78 Å². The van der Waals surface area contributed by atoms with Crippen LogP contribution in [0.3, 0.4) is 0 Å². The van der Waals surface area contributed by atoms with Crippen molar-refractivity contribution in [2.45, 2.75) is 19.3 Å². The summed E-state index contributed by atoms with van der Waals surface area (Å²) in [6, 6.07) is 6.16. The molecule has 1 aliphatic rings. The molecule has 0 radical (unpaired) electrons. The fraction of sp³-hybridized carbons (Fsp3) is 0.308. The monoisotopic (exact) mass is 202 g/mol. The predicted molar refractivity (Wildman–Crippen MR) is 59.2 cm³/mol. The van der Waals surface area contributed by atoms with Gasteiger partial charge in [-0.1, -0.05) is 18.7 Å². The molecular formula is C13H14O2.